The summed E-state index contributed by atoms with van der Waals surface area (Å²) in [4.78, 5) is 28.2. The Kier molecular flexibility index (Phi) is 3.78. The molecule has 0 spiro atoms. The summed E-state index contributed by atoms with van der Waals surface area (Å²) < 4.78 is 13.0. The van der Waals surface area contributed by atoms with Crippen LogP contribution in [-0.4, -0.2) is 39.5 Å². The average Bonchev–Trinajstić information content (AvgIpc) is 2.37. The van der Waals surface area contributed by atoms with Crippen molar-refractivity contribution < 1.29 is 19.1 Å². The van der Waals surface area contributed by atoms with Gasteiger partial charge in [-0.1, -0.05) is 6.07 Å². The third kappa shape index (κ3) is 2.89. The predicted molar refractivity (Wildman–Crippen MR) is 65.1 cm³/mol. The number of aromatic nitrogens is 1. The Balaban J connectivity index is 2.11. The highest BCUT2D eigenvalue weighted by Crippen LogP contribution is 2.24. The fraction of sp³-hybridized carbons (Fsp3) is 0.462. The largest absolute Gasteiger partial charge is 0.481 e. The highest BCUT2D eigenvalue weighted by atomic mass is 19.1. The quantitative estimate of drug-likeness (QED) is 0.824. The van der Waals surface area contributed by atoms with Crippen LogP contribution in [0.1, 0.15) is 30.3 Å². The molecule has 0 saturated carbocycles. The summed E-state index contributed by atoms with van der Waals surface area (Å²) in [5, 5.41) is 8.97. The maximum absolute atomic E-state index is 13.0. The summed E-state index contributed by atoms with van der Waals surface area (Å²) in [5.74, 6) is -2.29. The number of aliphatic carboxylic acids is 1. The van der Waals surface area contributed by atoms with Gasteiger partial charge in [0, 0.05) is 12.6 Å². The van der Waals surface area contributed by atoms with Gasteiger partial charge in [0.25, 0.3) is 5.91 Å². The van der Waals surface area contributed by atoms with Crippen LogP contribution in [0, 0.1) is 11.9 Å². The number of nitrogens with zero attached hydrogens (tertiary/aromatic N) is 2. The van der Waals surface area contributed by atoms with Crippen LogP contribution in [0.5, 0.6) is 0 Å². The first-order valence-corrected chi connectivity index (χ1v) is 6.15. The molecule has 6 heteroatoms. The van der Waals surface area contributed by atoms with Gasteiger partial charge in [-0.25, -0.2) is 4.98 Å². The Morgan fingerprint density at radius 3 is 2.79 bits per heavy atom. The number of rotatable bonds is 2. The first-order valence-electron chi connectivity index (χ1n) is 6.15. The van der Waals surface area contributed by atoms with Crippen LogP contribution in [0.25, 0.3) is 0 Å². The molecule has 0 radical (unpaired) electrons. The van der Waals surface area contributed by atoms with E-state index in [1.54, 1.807) is 11.8 Å². The molecule has 2 heterocycles. The predicted octanol–water partition coefficient (Wildman–Crippen LogP) is 1.55. The van der Waals surface area contributed by atoms with Crippen molar-refractivity contribution in [2.45, 2.75) is 25.8 Å². The summed E-state index contributed by atoms with van der Waals surface area (Å²) in [5.41, 5.74) is 0.0561. The van der Waals surface area contributed by atoms with Crippen LogP contribution >= 0.6 is 0 Å². The van der Waals surface area contributed by atoms with E-state index in [0.717, 1.165) is 0 Å². The van der Waals surface area contributed by atoms with E-state index in [1.165, 1.54) is 18.2 Å². The molecule has 1 aliphatic heterocycles. The summed E-state index contributed by atoms with van der Waals surface area (Å²) in [7, 11) is 0. The number of pyridine rings is 1. The third-order valence-corrected chi connectivity index (χ3v) is 3.42. The molecule has 2 atom stereocenters. The molecule has 2 unspecified atom stereocenters. The number of carbonyl (C=O) groups excluding carboxylic acids is 1. The molecule has 1 saturated heterocycles. The van der Waals surface area contributed by atoms with Gasteiger partial charge in [-0.15, -0.1) is 0 Å². The van der Waals surface area contributed by atoms with Crippen molar-refractivity contribution in [3.63, 3.8) is 0 Å². The van der Waals surface area contributed by atoms with E-state index >= 15 is 0 Å². The molecular weight excluding hydrogens is 251 g/mol. The van der Waals surface area contributed by atoms with E-state index in [1.807, 2.05) is 0 Å². The number of carboxylic acid groups (broad SMARTS) is 1. The van der Waals surface area contributed by atoms with Gasteiger partial charge in [0.05, 0.1) is 5.92 Å². The topological polar surface area (TPSA) is 70.5 Å². The maximum atomic E-state index is 13.0. The van der Waals surface area contributed by atoms with Crippen molar-refractivity contribution in [3.05, 3.63) is 29.8 Å². The highest BCUT2D eigenvalue weighted by Gasteiger charge is 2.33. The van der Waals surface area contributed by atoms with E-state index in [0.29, 0.717) is 19.4 Å². The van der Waals surface area contributed by atoms with Gasteiger partial charge in [0.1, 0.15) is 5.69 Å². The van der Waals surface area contributed by atoms with Crippen LogP contribution < -0.4 is 0 Å². The average molecular weight is 266 g/mol. The highest BCUT2D eigenvalue weighted by molar-refractivity contribution is 5.92. The Bertz CT molecular complexity index is 506. The Morgan fingerprint density at radius 1 is 1.47 bits per heavy atom. The van der Waals surface area contributed by atoms with Gasteiger partial charge in [-0.2, -0.15) is 4.39 Å². The summed E-state index contributed by atoms with van der Waals surface area (Å²) in [6, 6.07) is 3.88. The van der Waals surface area contributed by atoms with Crippen molar-refractivity contribution in [2.24, 2.45) is 5.92 Å². The molecule has 0 aromatic carbocycles. The van der Waals surface area contributed by atoms with E-state index in [2.05, 4.69) is 4.98 Å². The second kappa shape index (κ2) is 5.34. The van der Waals surface area contributed by atoms with Gasteiger partial charge in [0.15, 0.2) is 0 Å². The maximum Gasteiger partial charge on any atom is 0.306 e. The van der Waals surface area contributed by atoms with Crippen molar-refractivity contribution in [3.8, 4) is 0 Å². The fourth-order valence-electron chi connectivity index (χ4n) is 2.37. The number of amides is 1. The lowest BCUT2D eigenvalue weighted by atomic mass is 9.91. The van der Waals surface area contributed by atoms with Gasteiger partial charge >= 0.3 is 5.97 Å². The lowest BCUT2D eigenvalue weighted by Gasteiger charge is -2.36. The van der Waals surface area contributed by atoms with Gasteiger partial charge in [-0.05, 0) is 31.9 Å². The number of hydrogen-bond donors (Lipinski definition) is 1. The van der Waals surface area contributed by atoms with Crippen molar-refractivity contribution in [1.29, 1.82) is 0 Å². The molecule has 1 aliphatic rings. The number of carbonyl (C=O) groups is 2. The Hall–Kier alpha value is -1.98. The lowest BCUT2D eigenvalue weighted by molar-refractivity contribution is -0.143. The van der Waals surface area contributed by atoms with E-state index in [4.69, 9.17) is 5.11 Å². The lowest BCUT2D eigenvalue weighted by Crippen LogP contribution is -2.46. The van der Waals surface area contributed by atoms with Gasteiger partial charge < -0.3 is 10.0 Å². The van der Waals surface area contributed by atoms with Crippen LogP contribution in [0.15, 0.2) is 18.2 Å². The molecule has 2 rings (SSSR count). The second-order valence-corrected chi connectivity index (χ2v) is 4.75. The zero-order valence-electron chi connectivity index (χ0n) is 10.5. The van der Waals surface area contributed by atoms with Gasteiger partial charge in [0.2, 0.25) is 5.95 Å². The molecule has 102 valence electrons. The van der Waals surface area contributed by atoms with E-state index < -0.39 is 17.8 Å². The minimum atomic E-state index is -0.831. The first-order chi connectivity index (χ1) is 8.99. The van der Waals surface area contributed by atoms with Crippen LogP contribution in [-0.2, 0) is 4.79 Å². The Morgan fingerprint density at radius 2 is 2.21 bits per heavy atom. The molecule has 1 amide bonds. The van der Waals surface area contributed by atoms with E-state index in [9.17, 15) is 14.0 Å². The molecule has 5 nitrogen and oxygen atoms in total. The first kappa shape index (κ1) is 13.5. The zero-order valence-corrected chi connectivity index (χ0v) is 10.5. The number of carboxylic acids is 1. The summed E-state index contributed by atoms with van der Waals surface area (Å²) in [6.07, 6.45) is 0.830. The number of halogens is 1. The number of hydrogen-bond acceptors (Lipinski definition) is 3. The van der Waals surface area contributed by atoms with Crippen LogP contribution in [0.4, 0.5) is 4.39 Å². The number of likely N-dealkylation sites (tertiary alicyclic amines) is 1. The SMILES string of the molecule is CC1CC(C(=O)O)CCN1C(=O)c1cccc(F)n1. The number of piperidine rings is 1. The normalized spacial score (nSPS) is 23.2. The van der Waals surface area contributed by atoms with Crippen molar-refractivity contribution >= 4 is 11.9 Å². The summed E-state index contributed by atoms with van der Waals surface area (Å²) in [6.45, 7) is 2.15. The smallest absolute Gasteiger partial charge is 0.306 e. The molecular formula is C13H15FN2O3. The van der Waals surface area contributed by atoms with Crippen LogP contribution in [0.2, 0.25) is 0 Å². The molecule has 1 aromatic heterocycles. The molecule has 0 bridgehead atoms. The monoisotopic (exact) mass is 266 g/mol. The summed E-state index contributed by atoms with van der Waals surface area (Å²) >= 11 is 0. The van der Waals surface area contributed by atoms with Crippen LogP contribution in [0.3, 0.4) is 0 Å². The standard InChI is InChI=1S/C13H15FN2O3/c1-8-7-9(13(18)19)5-6-16(8)12(17)10-3-2-4-11(14)15-10/h2-4,8-9H,5-7H2,1H3,(H,18,19). The van der Waals surface area contributed by atoms with Gasteiger partial charge in [-0.3, -0.25) is 9.59 Å². The zero-order chi connectivity index (χ0) is 14.0. The van der Waals surface area contributed by atoms with Crippen molar-refractivity contribution in [1.82, 2.24) is 9.88 Å². The minimum Gasteiger partial charge on any atom is -0.481 e. The molecule has 1 aromatic rings. The second-order valence-electron chi connectivity index (χ2n) is 4.75. The Labute approximate surface area is 110 Å². The molecule has 1 N–H and O–H groups in total. The fourth-order valence-corrected chi connectivity index (χ4v) is 2.37. The third-order valence-electron chi connectivity index (χ3n) is 3.42. The van der Waals surface area contributed by atoms with E-state index in [-0.39, 0.29) is 17.6 Å². The van der Waals surface area contributed by atoms with Crippen molar-refractivity contribution in [2.75, 3.05) is 6.54 Å². The molecule has 0 aliphatic carbocycles. The minimum absolute atomic E-state index is 0.0561. The molecule has 1 fully saturated rings. The molecule has 19 heavy (non-hydrogen) atoms.